The lowest BCUT2D eigenvalue weighted by Crippen LogP contribution is -2.33. The summed E-state index contributed by atoms with van der Waals surface area (Å²) >= 11 is 12.2. The van der Waals surface area contributed by atoms with Gasteiger partial charge in [0, 0.05) is 16.3 Å². The largest absolute Gasteiger partial charge is 0.337 e. The van der Waals surface area contributed by atoms with Crippen molar-refractivity contribution in [1.82, 2.24) is 14.8 Å². The van der Waals surface area contributed by atoms with E-state index in [4.69, 9.17) is 28.0 Å². The van der Waals surface area contributed by atoms with E-state index < -0.39 is 17.8 Å². The van der Waals surface area contributed by atoms with Gasteiger partial charge in [0.25, 0.3) is 11.8 Å². The molecular formula is C21H15Cl2N3O4. The minimum atomic E-state index is -0.752. The second kappa shape index (κ2) is 7.59. The number of rotatable bonds is 4. The monoisotopic (exact) mass is 443 g/mol. The van der Waals surface area contributed by atoms with Gasteiger partial charge in [-0.15, -0.1) is 0 Å². The molecule has 152 valence electrons. The molecule has 2 aromatic carbocycles. The molecular weight excluding hydrogens is 429 g/mol. The van der Waals surface area contributed by atoms with Crippen LogP contribution in [-0.2, 0) is 16.1 Å². The van der Waals surface area contributed by atoms with Crippen LogP contribution >= 0.6 is 23.2 Å². The van der Waals surface area contributed by atoms with Crippen LogP contribution in [0, 0.1) is 13.8 Å². The summed E-state index contributed by atoms with van der Waals surface area (Å²) in [7, 11) is 0. The molecule has 9 heteroatoms. The molecule has 0 fully saturated rings. The summed E-state index contributed by atoms with van der Waals surface area (Å²) in [5, 5.41) is 5.86. The highest BCUT2D eigenvalue weighted by Crippen LogP contribution is 2.28. The Hall–Kier alpha value is -3.16. The minimum Gasteiger partial charge on any atom is -0.329 e. The fraction of sp³-hybridized carbons (Fsp3) is 0.143. The van der Waals surface area contributed by atoms with Crippen LogP contribution in [0.4, 0.5) is 0 Å². The summed E-state index contributed by atoms with van der Waals surface area (Å²) in [5.74, 6) is -2.08. The Labute approximate surface area is 181 Å². The van der Waals surface area contributed by atoms with Gasteiger partial charge in [-0.3, -0.25) is 9.59 Å². The molecule has 3 aromatic rings. The van der Waals surface area contributed by atoms with Crippen molar-refractivity contribution < 1.29 is 19.2 Å². The molecule has 30 heavy (non-hydrogen) atoms. The molecule has 0 atom stereocenters. The quantitative estimate of drug-likeness (QED) is 0.567. The molecule has 2 amide bonds. The van der Waals surface area contributed by atoms with Crippen LogP contribution < -0.4 is 0 Å². The van der Waals surface area contributed by atoms with Crippen molar-refractivity contribution >= 4 is 41.0 Å². The van der Waals surface area contributed by atoms with Crippen molar-refractivity contribution in [3.8, 4) is 5.69 Å². The van der Waals surface area contributed by atoms with Crippen LogP contribution in [-0.4, -0.2) is 32.6 Å². The Morgan fingerprint density at radius 2 is 1.67 bits per heavy atom. The van der Waals surface area contributed by atoms with E-state index in [1.54, 1.807) is 48.9 Å². The summed E-state index contributed by atoms with van der Waals surface area (Å²) in [6, 6.07) is 11.3. The zero-order valence-electron chi connectivity index (χ0n) is 16.0. The van der Waals surface area contributed by atoms with Gasteiger partial charge < -0.3 is 4.84 Å². The second-order valence-electron chi connectivity index (χ2n) is 6.75. The Bertz CT molecular complexity index is 1180. The first-order chi connectivity index (χ1) is 14.3. The SMILES string of the molecule is Cc1nn(-c2ccc(Cl)cc2Cl)c(C)c1CC(=O)ON1C(=O)c2ccccc2C1=O. The average Bonchev–Trinajstić information content (AvgIpc) is 3.11. The number of halogens is 2. The van der Waals surface area contributed by atoms with E-state index in [1.807, 2.05) is 0 Å². The van der Waals surface area contributed by atoms with E-state index in [0.717, 1.165) is 0 Å². The lowest BCUT2D eigenvalue weighted by atomic mass is 10.1. The fourth-order valence-corrected chi connectivity index (χ4v) is 3.84. The van der Waals surface area contributed by atoms with Crippen molar-refractivity contribution in [2.24, 2.45) is 0 Å². The molecule has 1 aliphatic heterocycles. The predicted molar refractivity (Wildman–Crippen MR) is 110 cm³/mol. The molecule has 0 saturated carbocycles. The molecule has 0 bridgehead atoms. The van der Waals surface area contributed by atoms with E-state index in [-0.39, 0.29) is 17.5 Å². The number of hydrogen-bond donors (Lipinski definition) is 0. The average molecular weight is 444 g/mol. The van der Waals surface area contributed by atoms with Gasteiger partial charge in [-0.25, -0.2) is 9.48 Å². The van der Waals surface area contributed by atoms with Gasteiger partial charge in [0.2, 0.25) is 0 Å². The van der Waals surface area contributed by atoms with Crippen molar-refractivity contribution in [1.29, 1.82) is 0 Å². The third kappa shape index (κ3) is 3.36. The highest BCUT2D eigenvalue weighted by Gasteiger charge is 2.38. The smallest absolute Gasteiger partial charge is 0.329 e. The first kappa shape index (κ1) is 20.1. The molecule has 7 nitrogen and oxygen atoms in total. The van der Waals surface area contributed by atoms with E-state index in [1.165, 1.54) is 12.1 Å². The zero-order chi connectivity index (χ0) is 21.6. The normalized spacial score (nSPS) is 13.0. The predicted octanol–water partition coefficient (Wildman–Crippen LogP) is 4.09. The van der Waals surface area contributed by atoms with Gasteiger partial charge in [-0.2, -0.15) is 5.10 Å². The molecule has 0 unspecified atom stereocenters. The van der Waals surface area contributed by atoms with Crippen LogP contribution in [0.1, 0.15) is 37.7 Å². The molecule has 2 heterocycles. The van der Waals surface area contributed by atoms with Gasteiger partial charge in [-0.05, 0) is 44.2 Å². The van der Waals surface area contributed by atoms with Crippen molar-refractivity contribution in [3.63, 3.8) is 0 Å². The number of hydrogen-bond acceptors (Lipinski definition) is 5. The summed E-state index contributed by atoms with van der Waals surface area (Å²) in [6.45, 7) is 3.54. The first-order valence-corrected chi connectivity index (χ1v) is 9.72. The van der Waals surface area contributed by atoms with Crippen LogP contribution in [0.3, 0.4) is 0 Å². The van der Waals surface area contributed by atoms with Crippen LogP contribution in [0.15, 0.2) is 42.5 Å². The first-order valence-electron chi connectivity index (χ1n) is 8.97. The molecule has 0 saturated heterocycles. The van der Waals surface area contributed by atoms with Gasteiger partial charge in [0.15, 0.2) is 0 Å². The number of amides is 2. The van der Waals surface area contributed by atoms with E-state index in [0.29, 0.717) is 37.7 Å². The Morgan fingerprint density at radius 1 is 1.03 bits per heavy atom. The molecule has 1 aliphatic rings. The summed E-state index contributed by atoms with van der Waals surface area (Å²) in [6.07, 6.45) is -0.170. The summed E-state index contributed by atoms with van der Waals surface area (Å²) in [5.41, 5.74) is 2.90. The number of imide groups is 1. The molecule has 0 spiro atoms. The second-order valence-corrected chi connectivity index (χ2v) is 7.59. The third-order valence-electron chi connectivity index (χ3n) is 4.85. The molecule has 0 aliphatic carbocycles. The molecule has 0 N–H and O–H groups in total. The highest BCUT2D eigenvalue weighted by atomic mass is 35.5. The number of fused-ring (bicyclic) bond motifs is 1. The number of hydroxylamine groups is 2. The van der Waals surface area contributed by atoms with Crippen LogP contribution in [0.2, 0.25) is 10.0 Å². The standard InChI is InChI=1S/C21H15Cl2N3O4/c1-11-16(12(2)25(24-11)18-8-7-13(22)9-17(18)23)10-19(27)30-26-20(28)14-5-3-4-6-15(14)21(26)29/h3-9H,10H2,1-2H3. The fourth-order valence-electron chi connectivity index (χ4n) is 3.35. The summed E-state index contributed by atoms with van der Waals surface area (Å²) in [4.78, 5) is 42.4. The molecule has 0 radical (unpaired) electrons. The van der Waals surface area contributed by atoms with Gasteiger partial charge >= 0.3 is 5.97 Å². The highest BCUT2D eigenvalue weighted by molar-refractivity contribution is 6.35. The van der Waals surface area contributed by atoms with E-state index in [9.17, 15) is 14.4 Å². The number of carbonyl (C=O) groups excluding carboxylic acids is 3. The number of aromatic nitrogens is 2. The Kier molecular flexibility index (Phi) is 5.09. The lowest BCUT2D eigenvalue weighted by molar-refractivity contribution is -0.167. The van der Waals surface area contributed by atoms with Crippen molar-refractivity contribution in [3.05, 3.63) is 80.6 Å². The minimum absolute atomic E-state index is 0.170. The Balaban J connectivity index is 1.56. The molecule has 4 rings (SSSR count). The number of benzene rings is 2. The van der Waals surface area contributed by atoms with Crippen LogP contribution in [0.25, 0.3) is 5.69 Å². The lowest BCUT2D eigenvalue weighted by Gasteiger charge is -2.13. The van der Waals surface area contributed by atoms with Gasteiger partial charge in [0.1, 0.15) is 0 Å². The van der Waals surface area contributed by atoms with Crippen LogP contribution in [0.5, 0.6) is 0 Å². The Morgan fingerprint density at radius 3 is 2.27 bits per heavy atom. The maximum absolute atomic E-state index is 12.5. The van der Waals surface area contributed by atoms with Gasteiger partial charge in [-0.1, -0.05) is 40.4 Å². The maximum atomic E-state index is 12.5. The van der Waals surface area contributed by atoms with E-state index >= 15 is 0 Å². The number of aryl methyl sites for hydroxylation is 1. The maximum Gasteiger partial charge on any atom is 0.337 e. The van der Waals surface area contributed by atoms with E-state index in [2.05, 4.69) is 5.10 Å². The number of nitrogens with zero attached hydrogens (tertiary/aromatic N) is 3. The zero-order valence-corrected chi connectivity index (χ0v) is 17.5. The number of carbonyl (C=O) groups is 3. The summed E-state index contributed by atoms with van der Waals surface area (Å²) < 4.78 is 1.61. The molecule has 1 aromatic heterocycles. The van der Waals surface area contributed by atoms with Crippen molar-refractivity contribution in [2.75, 3.05) is 0 Å². The van der Waals surface area contributed by atoms with Crippen molar-refractivity contribution in [2.45, 2.75) is 20.3 Å². The topological polar surface area (TPSA) is 81.5 Å². The third-order valence-corrected chi connectivity index (χ3v) is 5.39. The van der Waals surface area contributed by atoms with Gasteiger partial charge in [0.05, 0.1) is 34.0 Å².